The third kappa shape index (κ3) is 2.24. The molecule has 2 rings (SSSR count). The molecule has 2 N–H and O–H groups in total. The van der Waals surface area contributed by atoms with E-state index in [-0.39, 0.29) is 0 Å². The van der Waals surface area contributed by atoms with Crippen molar-refractivity contribution in [3.05, 3.63) is 40.7 Å². The second-order valence-electron chi connectivity index (χ2n) is 4.53. The minimum Gasteiger partial charge on any atom is -0.453 e. The fourth-order valence-electron chi connectivity index (χ4n) is 1.96. The van der Waals surface area contributed by atoms with Gasteiger partial charge in [0, 0.05) is 13.6 Å². The van der Waals surface area contributed by atoms with Crippen LogP contribution in [-0.4, -0.2) is 9.78 Å². The van der Waals surface area contributed by atoms with Gasteiger partial charge in [0.15, 0.2) is 5.75 Å². The van der Waals surface area contributed by atoms with Gasteiger partial charge in [0.05, 0.1) is 5.69 Å². The number of ether oxygens (including phenoxy) is 1. The van der Waals surface area contributed by atoms with Crippen molar-refractivity contribution in [2.45, 2.75) is 27.3 Å². The molecule has 0 atom stereocenters. The number of nitrogens with zero attached hydrogens (tertiary/aromatic N) is 2. The van der Waals surface area contributed by atoms with Gasteiger partial charge in [-0.1, -0.05) is 12.1 Å². The number of benzene rings is 1. The molecule has 0 aliphatic carbocycles. The molecular weight excluding hydrogens is 226 g/mol. The quantitative estimate of drug-likeness (QED) is 0.904. The van der Waals surface area contributed by atoms with E-state index in [4.69, 9.17) is 10.5 Å². The normalized spacial score (nSPS) is 10.7. The first-order valence-corrected chi connectivity index (χ1v) is 6.00. The van der Waals surface area contributed by atoms with Gasteiger partial charge in [-0.15, -0.1) is 0 Å². The zero-order valence-electron chi connectivity index (χ0n) is 11.3. The summed E-state index contributed by atoms with van der Waals surface area (Å²) in [6, 6.07) is 6.00. The van der Waals surface area contributed by atoms with Crippen molar-refractivity contribution >= 4 is 0 Å². The maximum Gasteiger partial charge on any atom is 0.171 e. The van der Waals surface area contributed by atoms with E-state index in [0.717, 1.165) is 34.0 Å². The Kier molecular flexibility index (Phi) is 3.39. The smallest absolute Gasteiger partial charge is 0.171 e. The average Bonchev–Trinajstić information content (AvgIpc) is 2.58. The maximum atomic E-state index is 5.97. The summed E-state index contributed by atoms with van der Waals surface area (Å²) >= 11 is 0. The molecule has 18 heavy (non-hydrogen) atoms. The van der Waals surface area contributed by atoms with Gasteiger partial charge in [-0.3, -0.25) is 4.68 Å². The van der Waals surface area contributed by atoms with Crippen molar-refractivity contribution in [1.29, 1.82) is 0 Å². The summed E-state index contributed by atoms with van der Waals surface area (Å²) in [4.78, 5) is 0. The third-order valence-corrected chi connectivity index (χ3v) is 3.13. The molecular formula is C14H19N3O. The number of hydrogen-bond acceptors (Lipinski definition) is 3. The molecule has 0 saturated heterocycles. The molecule has 96 valence electrons. The average molecular weight is 245 g/mol. The van der Waals surface area contributed by atoms with E-state index in [1.54, 1.807) is 0 Å². The molecule has 0 bridgehead atoms. The van der Waals surface area contributed by atoms with Gasteiger partial charge in [-0.2, -0.15) is 5.10 Å². The summed E-state index contributed by atoms with van der Waals surface area (Å²) in [6.07, 6.45) is 0. The third-order valence-electron chi connectivity index (χ3n) is 3.13. The van der Waals surface area contributed by atoms with Crippen molar-refractivity contribution in [2.24, 2.45) is 12.8 Å². The monoisotopic (exact) mass is 245 g/mol. The van der Waals surface area contributed by atoms with E-state index in [0.29, 0.717) is 6.54 Å². The summed E-state index contributed by atoms with van der Waals surface area (Å²) in [5.41, 5.74) is 9.74. The molecule has 1 aromatic carbocycles. The summed E-state index contributed by atoms with van der Waals surface area (Å²) in [6.45, 7) is 6.52. The number of hydrogen-bond donors (Lipinski definition) is 1. The van der Waals surface area contributed by atoms with Crippen LogP contribution in [0.2, 0.25) is 0 Å². The highest BCUT2D eigenvalue weighted by Gasteiger charge is 2.12. The van der Waals surface area contributed by atoms with Crippen molar-refractivity contribution < 1.29 is 4.74 Å². The maximum absolute atomic E-state index is 5.97. The Bertz CT molecular complexity index is 573. The molecule has 0 aliphatic rings. The van der Waals surface area contributed by atoms with Crippen LogP contribution < -0.4 is 10.5 Å². The van der Waals surface area contributed by atoms with Crippen LogP contribution in [0.1, 0.15) is 22.5 Å². The first-order chi connectivity index (χ1) is 8.52. The van der Waals surface area contributed by atoms with Crippen molar-refractivity contribution in [3.8, 4) is 11.5 Å². The Morgan fingerprint density at radius 2 is 2.00 bits per heavy atom. The summed E-state index contributed by atoms with van der Waals surface area (Å²) in [5.74, 6) is 1.69. The number of rotatable bonds is 3. The second-order valence-corrected chi connectivity index (χ2v) is 4.53. The van der Waals surface area contributed by atoms with Crippen LogP contribution in [0.5, 0.6) is 11.5 Å². The van der Waals surface area contributed by atoms with Gasteiger partial charge in [-0.25, -0.2) is 0 Å². The molecule has 0 spiro atoms. The van der Waals surface area contributed by atoms with Gasteiger partial charge in [0.2, 0.25) is 0 Å². The minimum atomic E-state index is 0.548. The first kappa shape index (κ1) is 12.6. The molecule has 0 radical (unpaired) electrons. The minimum absolute atomic E-state index is 0.548. The van der Waals surface area contributed by atoms with Crippen LogP contribution in [0.25, 0.3) is 0 Å². The lowest BCUT2D eigenvalue weighted by Crippen LogP contribution is -1.98. The van der Waals surface area contributed by atoms with E-state index in [2.05, 4.69) is 11.2 Å². The molecule has 0 saturated carbocycles. The van der Waals surface area contributed by atoms with Crippen LogP contribution in [-0.2, 0) is 13.6 Å². The zero-order chi connectivity index (χ0) is 13.3. The highest BCUT2D eigenvalue weighted by atomic mass is 16.5. The lowest BCUT2D eigenvalue weighted by Gasteiger charge is -2.10. The van der Waals surface area contributed by atoms with Crippen LogP contribution >= 0.6 is 0 Å². The van der Waals surface area contributed by atoms with Crippen molar-refractivity contribution in [3.63, 3.8) is 0 Å². The lowest BCUT2D eigenvalue weighted by atomic mass is 10.1. The van der Waals surface area contributed by atoms with Crippen LogP contribution in [0.4, 0.5) is 0 Å². The molecule has 0 aliphatic heterocycles. The Labute approximate surface area is 107 Å². The fourth-order valence-corrected chi connectivity index (χ4v) is 1.96. The predicted molar refractivity (Wildman–Crippen MR) is 71.8 cm³/mol. The molecule has 0 unspecified atom stereocenters. The Balaban J connectivity index is 2.34. The summed E-state index contributed by atoms with van der Waals surface area (Å²) in [7, 11) is 1.92. The highest BCUT2D eigenvalue weighted by molar-refractivity contribution is 5.42. The van der Waals surface area contributed by atoms with E-state index >= 15 is 0 Å². The fraction of sp³-hybridized carbons (Fsp3) is 0.357. The highest BCUT2D eigenvalue weighted by Crippen LogP contribution is 2.30. The van der Waals surface area contributed by atoms with Crippen LogP contribution in [0.15, 0.2) is 18.2 Å². The van der Waals surface area contributed by atoms with E-state index in [9.17, 15) is 0 Å². The van der Waals surface area contributed by atoms with Crippen LogP contribution in [0.3, 0.4) is 0 Å². The number of aromatic nitrogens is 2. The molecule has 0 amide bonds. The number of nitrogens with two attached hydrogens (primary N) is 1. The Morgan fingerprint density at radius 3 is 2.50 bits per heavy atom. The van der Waals surface area contributed by atoms with Crippen molar-refractivity contribution in [1.82, 2.24) is 9.78 Å². The van der Waals surface area contributed by atoms with E-state index < -0.39 is 0 Å². The van der Waals surface area contributed by atoms with Gasteiger partial charge in [-0.05, 0) is 38.0 Å². The SMILES string of the molecule is Cc1cc(CN)ccc1Oc1c(C)nn(C)c1C. The van der Waals surface area contributed by atoms with Crippen molar-refractivity contribution in [2.75, 3.05) is 0 Å². The lowest BCUT2D eigenvalue weighted by molar-refractivity contribution is 0.470. The second kappa shape index (κ2) is 4.82. The predicted octanol–water partition coefficient (Wildman–Crippen LogP) is 2.60. The standard InChI is InChI=1S/C14H19N3O/c1-9-7-12(8-15)5-6-13(9)18-14-10(2)16-17(4)11(14)3/h5-7H,8,15H2,1-4H3. The molecule has 0 fully saturated rings. The van der Waals surface area contributed by atoms with Gasteiger partial charge in [0.1, 0.15) is 11.4 Å². The molecule has 2 aromatic rings. The number of aryl methyl sites for hydroxylation is 3. The molecule has 1 heterocycles. The molecule has 1 aromatic heterocycles. The molecule has 4 nitrogen and oxygen atoms in total. The van der Waals surface area contributed by atoms with Gasteiger partial charge in [0.25, 0.3) is 0 Å². The Morgan fingerprint density at radius 1 is 1.28 bits per heavy atom. The van der Waals surface area contributed by atoms with E-state index in [1.807, 2.05) is 44.6 Å². The largest absolute Gasteiger partial charge is 0.453 e. The summed E-state index contributed by atoms with van der Waals surface area (Å²) in [5, 5.41) is 4.34. The zero-order valence-corrected chi connectivity index (χ0v) is 11.3. The molecule has 4 heteroatoms. The van der Waals surface area contributed by atoms with Gasteiger partial charge < -0.3 is 10.5 Å². The Hall–Kier alpha value is -1.81. The van der Waals surface area contributed by atoms with E-state index in [1.165, 1.54) is 0 Å². The summed E-state index contributed by atoms with van der Waals surface area (Å²) < 4.78 is 7.79. The topological polar surface area (TPSA) is 53.1 Å². The van der Waals surface area contributed by atoms with Gasteiger partial charge >= 0.3 is 0 Å². The first-order valence-electron chi connectivity index (χ1n) is 6.00. The van der Waals surface area contributed by atoms with Crippen LogP contribution in [0, 0.1) is 20.8 Å².